The molecule has 1 N–H and O–H groups in total. The first kappa shape index (κ1) is 15.9. The van der Waals surface area contributed by atoms with Crippen LogP contribution in [0.3, 0.4) is 0 Å². The molecular formula is C13H20N2O5S. The summed E-state index contributed by atoms with van der Waals surface area (Å²) in [6.07, 6.45) is 1.30. The Morgan fingerprint density at radius 2 is 2.05 bits per heavy atom. The molecule has 0 bridgehead atoms. The fourth-order valence-corrected chi connectivity index (χ4v) is 3.88. The van der Waals surface area contributed by atoms with Crippen molar-refractivity contribution in [3.05, 3.63) is 0 Å². The van der Waals surface area contributed by atoms with Gasteiger partial charge in [0, 0.05) is 24.6 Å². The van der Waals surface area contributed by atoms with E-state index in [1.165, 1.54) is 12.0 Å². The van der Waals surface area contributed by atoms with Crippen molar-refractivity contribution in [2.45, 2.75) is 31.3 Å². The molecule has 0 aliphatic carbocycles. The lowest BCUT2D eigenvalue weighted by Gasteiger charge is -2.38. The molecular weight excluding hydrogens is 296 g/mol. The summed E-state index contributed by atoms with van der Waals surface area (Å²) in [4.78, 5) is 38.5. The van der Waals surface area contributed by atoms with Gasteiger partial charge in [0.1, 0.15) is 6.04 Å². The van der Waals surface area contributed by atoms with Gasteiger partial charge in [-0.05, 0) is 12.8 Å². The zero-order chi connectivity index (χ0) is 15.4. The van der Waals surface area contributed by atoms with Crippen molar-refractivity contribution in [2.24, 2.45) is 0 Å². The van der Waals surface area contributed by atoms with Crippen molar-refractivity contribution in [1.82, 2.24) is 9.80 Å². The van der Waals surface area contributed by atoms with Gasteiger partial charge in [0.2, 0.25) is 0 Å². The second-order valence-electron chi connectivity index (χ2n) is 5.18. The summed E-state index contributed by atoms with van der Waals surface area (Å²) < 4.78 is 4.74. The summed E-state index contributed by atoms with van der Waals surface area (Å²) in [5.41, 5.74) is 0. The van der Waals surface area contributed by atoms with Gasteiger partial charge in [-0.1, -0.05) is 0 Å². The highest BCUT2D eigenvalue weighted by Crippen LogP contribution is 2.25. The smallest absolute Gasteiger partial charge is 0.328 e. The molecule has 2 fully saturated rings. The molecule has 2 aliphatic rings. The Kier molecular flexibility index (Phi) is 5.33. The molecule has 0 spiro atoms. The molecule has 7 nitrogen and oxygen atoms in total. The van der Waals surface area contributed by atoms with Gasteiger partial charge < -0.3 is 19.6 Å². The summed E-state index contributed by atoms with van der Waals surface area (Å²) in [6, 6.07) is -1.09. The van der Waals surface area contributed by atoms with Gasteiger partial charge in [0.15, 0.2) is 0 Å². The average Bonchev–Trinajstić information content (AvgIpc) is 2.95. The van der Waals surface area contributed by atoms with E-state index in [2.05, 4.69) is 0 Å². The number of nitrogens with zero attached hydrogens (tertiary/aromatic N) is 2. The van der Waals surface area contributed by atoms with E-state index in [0.29, 0.717) is 25.3 Å². The molecule has 2 unspecified atom stereocenters. The Morgan fingerprint density at radius 1 is 1.29 bits per heavy atom. The Bertz CT molecular complexity index is 431. The number of aliphatic carboxylic acids is 1. The highest BCUT2D eigenvalue weighted by atomic mass is 32.2. The maximum atomic E-state index is 12.7. The summed E-state index contributed by atoms with van der Waals surface area (Å²) >= 11 is 1.65. The van der Waals surface area contributed by atoms with Gasteiger partial charge >= 0.3 is 18.0 Å². The van der Waals surface area contributed by atoms with Crippen molar-refractivity contribution >= 4 is 29.7 Å². The predicted octanol–water partition coefficient (Wildman–Crippen LogP) is 0.636. The zero-order valence-corrected chi connectivity index (χ0v) is 12.8. The van der Waals surface area contributed by atoms with E-state index in [9.17, 15) is 14.4 Å². The number of methoxy groups -OCH3 is 1. The number of carbonyl (C=O) groups is 3. The van der Waals surface area contributed by atoms with Crippen LogP contribution < -0.4 is 0 Å². The predicted molar refractivity (Wildman–Crippen MR) is 77.2 cm³/mol. The number of amides is 2. The van der Waals surface area contributed by atoms with Crippen LogP contribution in [0.5, 0.6) is 0 Å². The van der Waals surface area contributed by atoms with Crippen LogP contribution in [0.25, 0.3) is 0 Å². The van der Waals surface area contributed by atoms with Crippen molar-refractivity contribution in [3.63, 3.8) is 0 Å². The molecule has 0 radical (unpaired) electrons. The van der Waals surface area contributed by atoms with Crippen molar-refractivity contribution in [1.29, 1.82) is 0 Å². The third-order valence-electron chi connectivity index (χ3n) is 3.86. The standard InChI is InChI=1S/C13H20N2O5S/c1-20-12(18)10-3-2-4-15(10)13(19)14-5-6-21-8-9(14)7-11(16)17/h9-10H,2-8H2,1H3,(H,16,17). The van der Waals surface area contributed by atoms with Crippen LogP contribution in [0.4, 0.5) is 4.79 Å². The average molecular weight is 316 g/mol. The third-order valence-corrected chi connectivity index (χ3v) is 4.95. The fourth-order valence-electron chi connectivity index (χ4n) is 2.82. The Labute approximate surface area is 127 Å². The minimum atomic E-state index is -0.911. The van der Waals surface area contributed by atoms with Crippen molar-refractivity contribution in [3.8, 4) is 0 Å². The molecule has 0 aromatic rings. The number of rotatable bonds is 3. The molecule has 0 aromatic carbocycles. The number of ether oxygens (including phenoxy) is 1. The van der Waals surface area contributed by atoms with E-state index in [0.717, 1.165) is 12.2 Å². The maximum Gasteiger partial charge on any atom is 0.328 e. The normalized spacial score (nSPS) is 25.8. The number of esters is 1. The zero-order valence-electron chi connectivity index (χ0n) is 12.0. The lowest BCUT2D eigenvalue weighted by atomic mass is 10.2. The van der Waals surface area contributed by atoms with Gasteiger partial charge in [-0.25, -0.2) is 9.59 Å². The van der Waals surface area contributed by atoms with Gasteiger partial charge in [-0.3, -0.25) is 4.79 Å². The monoisotopic (exact) mass is 316 g/mol. The van der Waals surface area contributed by atoms with E-state index in [1.54, 1.807) is 16.7 Å². The van der Waals surface area contributed by atoms with Crippen LogP contribution in [0, 0.1) is 0 Å². The number of carboxylic acids is 1. The van der Waals surface area contributed by atoms with Gasteiger partial charge in [0.05, 0.1) is 19.6 Å². The molecule has 0 saturated carbocycles. The number of urea groups is 1. The largest absolute Gasteiger partial charge is 0.481 e. The number of hydrogen-bond acceptors (Lipinski definition) is 5. The topological polar surface area (TPSA) is 87.2 Å². The minimum absolute atomic E-state index is 0.0600. The second-order valence-corrected chi connectivity index (χ2v) is 6.33. The van der Waals surface area contributed by atoms with Crippen LogP contribution in [0.15, 0.2) is 0 Å². The summed E-state index contributed by atoms with van der Waals surface area (Å²) in [5, 5.41) is 8.97. The highest BCUT2D eigenvalue weighted by molar-refractivity contribution is 7.99. The Balaban J connectivity index is 2.09. The summed E-state index contributed by atoms with van der Waals surface area (Å²) in [6.45, 7) is 1.04. The minimum Gasteiger partial charge on any atom is -0.481 e. The lowest BCUT2D eigenvalue weighted by Crippen LogP contribution is -2.54. The van der Waals surface area contributed by atoms with Crippen molar-refractivity contribution < 1.29 is 24.2 Å². The molecule has 21 heavy (non-hydrogen) atoms. The molecule has 0 aromatic heterocycles. The van der Waals surface area contributed by atoms with Crippen LogP contribution in [-0.4, -0.2) is 76.7 Å². The quantitative estimate of drug-likeness (QED) is 0.769. The number of carbonyl (C=O) groups excluding carboxylic acids is 2. The van der Waals surface area contributed by atoms with Crippen LogP contribution in [-0.2, 0) is 14.3 Å². The molecule has 2 amide bonds. The van der Waals surface area contributed by atoms with E-state index in [-0.39, 0.29) is 18.5 Å². The van der Waals surface area contributed by atoms with Crippen LogP contribution in [0.2, 0.25) is 0 Å². The number of likely N-dealkylation sites (tertiary alicyclic amines) is 1. The summed E-state index contributed by atoms with van der Waals surface area (Å²) in [7, 11) is 1.31. The SMILES string of the molecule is COC(=O)C1CCCN1C(=O)N1CCSCC1CC(=O)O. The second kappa shape index (κ2) is 7.02. The number of carboxylic acid groups (broad SMARTS) is 1. The Morgan fingerprint density at radius 3 is 2.71 bits per heavy atom. The van der Waals surface area contributed by atoms with E-state index in [1.807, 2.05) is 0 Å². The van der Waals surface area contributed by atoms with E-state index in [4.69, 9.17) is 9.84 Å². The van der Waals surface area contributed by atoms with Gasteiger partial charge in [-0.2, -0.15) is 11.8 Å². The molecule has 2 atom stereocenters. The molecule has 118 valence electrons. The molecule has 8 heteroatoms. The first-order valence-electron chi connectivity index (χ1n) is 6.99. The van der Waals surface area contributed by atoms with Gasteiger partial charge in [-0.15, -0.1) is 0 Å². The Hall–Kier alpha value is -1.44. The fraction of sp³-hybridized carbons (Fsp3) is 0.769. The van der Waals surface area contributed by atoms with Crippen molar-refractivity contribution in [2.75, 3.05) is 31.7 Å². The number of hydrogen-bond donors (Lipinski definition) is 1. The van der Waals surface area contributed by atoms with Crippen LogP contribution >= 0.6 is 11.8 Å². The molecule has 2 rings (SSSR count). The molecule has 2 saturated heterocycles. The molecule has 2 heterocycles. The first-order valence-corrected chi connectivity index (χ1v) is 8.14. The third kappa shape index (κ3) is 3.61. The number of thioether (sulfide) groups is 1. The maximum absolute atomic E-state index is 12.7. The van der Waals surface area contributed by atoms with E-state index < -0.39 is 18.0 Å². The molecule has 2 aliphatic heterocycles. The lowest BCUT2D eigenvalue weighted by molar-refractivity contribution is -0.145. The summed E-state index contributed by atoms with van der Waals surface area (Å²) in [5.74, 6) is 0.0983. The highest BCUT2D eigenvalue weighted by Gasteiger charge is 2.39. The van der Waals surface area contributed by atoms with Gasteiger partial charge in [0.25, 0.3) is 0 Å². The van der Waals surface area contributed by atoms with Crippen LogP contribution in [0.1, 0.15) is 19.3 Å². The van der Waals surface area contributed by atoms with E-state index >= 15 is 0 Å². The first-order chi connectivity index (χ1) is 10.0.